The van der Waals surface area contributed by atoms with Gasteiger partial charge in [0.25, 0.3) is 0 Å². The zero-order valence-corrected chi connectivity index (χ0v) is 36.8. The van der Waals surface area contributed by atoms with Gasteiger partial charge in [-0.1, -0.05) is 134 Å². The SMILES string of the molecule is C#C[C@]1(COP(=O)(N[C@@H](C)C(=O)OC(C)C)Oc2ccccc2)O[C@@H](n2cnc3c(N)nc(F)nc32)C[C@@H]1OC(=O)CCCCCCCCCCCCCCCCCCC. The minimum atomic E-state index is -4.42. The summed E-state index contributed by atoms with van der Waals surface area (Å²) < 4.78 is 59.6. The van der Waals surface area contributed by atoms with E-state index >= 15 is 0 Å². The lowest BCUT2D eigenvalue weighted by Gasteiger charge is -2.31. The maximum atomic E-state index is 14.4. The number of esters is 2. The van der Waals surface area contributed by atoms with Crippen molar-refractivity contribution in [3.8, 4) is 18.1 Å². The molecule has 0 aliphatic carbocycles. The highest BCUT2D eigenvalue weighted by Gasteiger charge is 2.53. The van der Waals surface area contributed by atoms with Crippen LogP contribution in [0.5, 0.6) is 5.75 Å². The second kappa shape index (κ2) is 25.0. The van der Waals surface area contributed by atoms with Gasteiger partial charge in [-0.25, -0.2) is 9.55 Å². The number of nitrogens with zero attached hydrogens (tertiary/aromatic N) is 4. The number of unbranched alkanes of at least 4 members (excludes halogenated alkanes) is 16. The molecule has 332 valence electrons. The van der Waals surface area contributed by atoms with Gasteiger partial charge in [-0.3, -0.25) is 18.7 Å². The summed E-state index contributed by atoms with van der Waals surface area (Å²) >= 11 is 0. The van der Waals surface area contributed by atoms with E-state index in [4.69, 9.17) is 35.4 Å². The first-order valence-corrected chi connectivity index (χ1v) is 23.4. The lowest BCUT2D eigenvalue weighted by molar-refractivity contribution is -0.158. The summed E-state index contributed by atoms with van der Waals surface area (Å²) in [6.45, 7) is 6.47. The minimum absolute atomic E-state index is 0.0241. The molecule has 4 rings (SSSR count). The van der Waals surface area contributed by atoms with Gasteiger partial charge in [0.05, 0.1) is 12.4 Å². The van der Waals surface area contributed by atoms with Crippen LogP contribution in [0, 0.1) is 18.4 Å². The van der Waals surface area contributed by atoms with Crippen LogP contribution in [0.3, 0.4) is 0 Å². The largest absolute Gasteiger partial charge is 0.462 e. The molecule has 3 N–H and O–H groups in total. The normalized spacial score (nSPS) is 19.2. The van der Waals surface area contributed by atoms with E-state index in [0.29, 0.717) is 6.42 Å². The third kappa shape index (κ3) is 15.4. The maximum absolute atomic E-state index is 14.4. The average Bonchev–Trinajstić information content (AvgIpc) is 3.80. The number of halogens is 1. The second-order valence-electron chi connectivity index (χ2n) is 15.9. The molecular weight excluding hydrogens is 790 g/mol. The van der Waals surface area contributed by atoms with Gasteiger partial charge >= 0.3 is 25.8 Å². The van der Waals surface area contributed by atoms with Crippen LogP contribution in [0.15, 0.2) is 36.7 Å². The molecule has 1 aliphatic rings. The number of carbonyl (C=O) groups is 2. The number of ether oxygens (including phenoxy) is 3. The van der Waals surface area contributed by atoms with Gasteiger partial charge < -0.3 is 24.5 Å². The fourth-order valence-corrected chi connectivity index (χ4v) is 8.72. The summed E-state index contributed by atoms with van der Waals surface area (Å²) in [5, 5.41) is 2.63. The first kappa shape index (κ1) is 48.6. The summed E-state index contributed by atoms with van der Waals surface area (Å²) in [6, 6.07) is 7.10. The summed E-state index contributed by atoms with van der Waals surface area (Å²) in [7, 11) is -4.42. The van der Waals surface area contributed by atoms with Gasteiger partial charge in [0, 0.05) is 12.8 Å². The Balaban J connectivity index is 1.35. The number of aromatic nitrogens is 4. The van der Waals surface area contributed by atoms with Crippen LogP contribution >= 0.6 is 7.75 Å². The van der Waals surface area contributed by atoms with E-state index in [1.807, 2.05) is 0 Å². The predicted octanol–water partition coefficient (Wildman–Crippen LogP) is 9.93. The molecule has 1 saturated heterocycles. The number of nitrogens with two attached hydrogens (primary N) is 1. The molecule has 14 nitrogen and oxygen atoms in total. The number of para-hydroxylation sites is 1. The Hall–Kier alpha value is -4.09. The molecule has 3 heterocycles. The zero-order valence-electron chi connectivity index (χ0n) is 36.0. The highest BCUT2D eigenvalue weighted by Crippen LogP contribution is 2.48. The van der Waals surface area contributed by atoms with Crippen molar-refractivity contribution in [1.82, 2.24) is 24.6 Å². The third-order valence-electron chi connectivity index (χ3n) is 10.5. The molecule has 0 radical (unpaired) electrons. The van der Waals surface area contributed by atoms with Crippen LogP contribution < -0.4 is 15.3 Å². The van der Waals surface area contributed by atoms with Crippen LogP contribution in [-0.4, -0.2) is 61.9 Å². The molecule has 1 unspecified atom stereocenters. The number of imidazole rings is 1. The lowest BCUT2D eigenvalue weighted by atomic mass is 9.98. The predicted molar refractivity (Wildman–Crippen MR) is 229 cm³/mol. The number of fused-ring (bicyclic) bond motifs is 1. The van der Waals surface area contributed by atoms with Crippen molar-refractivity contribution in [3.05, 3.63) is 42.7 Å². The second-order valence-corrected chi connectivity index (χ2v) is 17.6. The van der Waals surface area contributed by atoms with Crippen LogP contribution in [0.1, 0.15) is 156 Å². The monoisotopic (exact) mass is 856 g/mol. The molecule has 1 aliphatic heterocycles. The Labute approximate surface area is 355 Å². The Morgan fingerprint density at radius 3 is 2.12 bits per heavy atom. The number of nitrogen functional groups attached to an aromatic ring is 1. The van der Waals surface area contributed by atoms with Crippen LogP contribution in [0.2, 0.25) is 0 Å². The third-order valence-corrected chi connectivity index (χ3v) is 12.1. The number of benzene rings is 1. The first-order valence-electron chi connectivity index (χ1n) is 21.9. The van der Waals surface area contributed by atoms with E-state index in [0.717, 1.165) is 19.3 Å². The van der Waals surface area contributed by atoms with Crippen molar-refractivity contribution >= 4 is 36.7 Å². The molecule has 2 aromatic heterocycles. The number of anilines is 1. The number of hydrogen-bond donors (Lipinski definition) is 2. The van der Waals surface area contributed by atoms with Crippen LogP contribution in [0.25, 0.3) is 11.2 Å². The highest BCUT2D eigenvalue weighted by molar-refractivity contribution is 7.52. The van der Waals surface area contributed by atoms with Crippen molar-refractivity contribution < 1.29 is 41.8 Å². The zero-order chi connectivity index (χ0) is 43.4. The molecule has 0 bridgehead atoms. The van der Waals surface area contributed by atoms with E-state index in [1.165, 1.54) is 101 Å². The summed E-state index contributed by atoms with van der Waals surface area (Å²) in [5.41, 5.74) is 4.24. The Morgan fingerprint density at radius 2 is 1.55 bits per heavy atom. The number of nitrogens with one attached hydrogen (secondary N) is 1. The van der Waals surface area contributed by atoms with Gasteiger partial charge in [-0.15, -0.1) is 6.42 Å². The fraction of sp³-hybridized carbons (Fsp3) is 0.659. The molecule has 0 saturated carbocycles. The van der Waals surface area contributed by atoms with Gasteiger partial charge in [-0.2, -0.15) is 19.4 Å². The fourth-order valence-electron chi connectivity index (χ4n) is 7.20. The van der Waals surface area contributed by atoms with Crippen molar-refractivity contribution in [2.45, 2.75) is 180 Å². The Morgan fingerprint density at radius 1 is 0.967 bits per heavy atom. The molecule has 5 atom stereocenters. The molecule has 16 heteroatoms. The van der Waals surface area contributed by atoms with E-state index in [1.54, 1.807) is 44.2 Å². The van der Waals surface area contributed by atoms with Gasteiger partial charge in [-0.05, 0) is 39.3 Å². The number of rotatable bonds is 29. The summed E-state index contributed by atoms with van der Waals surface area (Å²) in [4.78, 5) is 37.8. The molecule has 60 heavy (non-hydrogen) atoms. The molecule has 0 amide bonds. The van der Waals surface area contributed by atoms with Crippen LogP contribution in [-0.2, 0) is 32.9 Å². The Kier molecular flexibility index (Phi) is 20.2. The molecule has 3 aromatic rings. The first-order chi connectivity index (χ1) is 28.9. The van der Waals surface area contributed by atoms with E-state index in [9.17, 15) is 18.5 Å². The highest BCUT2D eigenvalue weighted by atomic mass is 31.2. The number of hydrogen-bond acceptors (Lipinski definition) is 12. The lowest BCUT2D eigenvalue weighted by Crippen LogP contribution is -2.45. The van der Waals surface area contributed by atoms with Crippen molar-refractivity contribution in [2.24, 2.45) is 0 Å². The van der Waals surface area contributed by atoms with E-state index < -0.39 is 62.4 Å². The van der Waals surface area contributed by atoms with E-state index in [2.05, 4.69) is 32.9 Å². The smallest absolute Gasteiger partial charge is 0.459 e. The van der Waals surface area contributed by atoms with Crippen molar-refractivity contribution in [1.29, 1.82) is 0 Å². The molecule has 1 fully saturated rings. The molecule has 0 spiro atoms. The topological polar surface area (TPSA) is 179 Å². The molecule has 1 aromatic carbocycles. The van der Waals surface area contributed by atoms with Gasteiger partial charge in [0.1, 0.15) is 30.7 Å². The van der Waals surface area contributed by atoms with Crippen LogP contribution in [0.4, 0.5) is 10.2 Å². The number of terminal acetylenes is 1. The van der Waals surface area contributed by atoms with Crippen molar-refractivity contribution in [2.75, 3.05) is 12.3 Å². The van der Waals surface area contributed by atoms with E-state index in [-0.39, 0.29) is 35.6 Å². The summed E-state index contributed by atoms with van der Waals surface area (Å²) in [6.07, 6.45) is 24.8. The average molecular weight is 857 g/mol. The standard InChI is InChI=1S/C44H66FN6O8P/c1-6-8-9-10-11-12-13-14-15-16-17-18-19-20-21-22-26-29-38(52)57-36-30-37(51-32-47-39-40(46)48-43(45)49-41(39)51)58-44(36,7-2)31-55-60(54,59-35-27-24-23-25-28-35)50-34(5)42(53)56-33(3)4/h2,23-25,27-28,32-34,36-37H,6,8-22,26,29-31H2,1,3-5H3,(H,50,54)(H2,46,48,49)/t34-,36-,37+,44+,60?/m0/s1. The summed E-state index contributed by atoms with van der Waals surface area (Å²) in [5.74, 6) is 1.40. The maximum Gasteiger partial charge on any atom is 0.459 e. The minimum Gasteiger partial charge on any atom is -0.462 e. The quantitative estimate of drug-likeness (QED) is 0.0222. The Bertz CT molecular complexity index is 1860. The van der Waals surface area contributed by atoms with Crippen molar-refractivity contribution in [3.63, 3.8) is 0 Å². The van der Waals surface area contributed by atoms with Gasteiger partial charge in [0.2, 0.25) is 0 Å². The number of carbonyl (C=O) groups excluding carboxylic acids is 2. The van der Waals surface area contributed by atoms with Gasteiger partial charge in [0.15, 0.2) is 22.6 Å². The molecular formula is C44H66FN6O8P.